The van der Waals surface area contributed by atoms with E-state index < -0.39 is 0 Å². The predicted molar refractivity (Wildman–Crippen MR) is 68.2 cm³/mol. The third kappa shape index (κ3) is 3.30. The van der Waals surface area contributed by atoms with E-state index in [1.165, 1.54) is 18.4 Å². The van der Waals surface area contributed by atoms with E-state index in [0.717, 1.165) is 0 Å². The summed E-state index contributed by atoms with van der Waals surface area (Å²) in [6.07, 6.45) is 2.46. The molecule has 1 aromatic heterocycles. The van der Waals surface area contributed by atoms with Gasteiger partial charge in [-0.05, 0) is 42.8 Å². The molecule has 15 heavy (non-hydrogen) atoms. The summed E-state index contributed by atoms with van der Waals surface area (Å²) < 4.78 is 0. The van der Waals surface area contributed by atoms with Crippen LogP contribution < -0.4 is 5.73 Å². The highest BCUT2D eigenvalue weighted by Crippen LogP contribution is 2.23. The van der Waals surface area contributed by atoms with Gasteiger partial charge < -0.3 is 5.73 Å². The number of hydrogen-bond donors (Lipinski definition) is 1. The molecule has 0 radical (unpaired) electrons. The van der Waals surface area contributed by atoms with E-state index in [9.17, 15) is 0 Å². The maximum Gasteiger partial charge on any atom is 0.0478 e. The van der Waals surface area contributed by atoms with Crippen LogP contribution >= 0.6 is 11.3 Å². The van der Waals surface area contributed by atoms with Gasteiger partial charge in [-0.3, -0.25) is 4.90 Å². The van der Waals surface area contributed by atoms with Gasteiger partial charge in [-0.2, -0.15) is 11.3 Å². The molecule has 2 N–H and O–H groups in total. The summed E-state index contributed by atoms with van der Waals surface area (Å²) in [5.41, 5.74) is 7.22. The van der Waals surface area contributed by atoms with Crippen LogP contribution in [-0.4, -0.2) is 24.5 Å². The highest BCUT2D eigenvalue weighted by molar-refractivity contribution is 7.07. The first-order chi connectivity index (χ1) is 7.20. The SMILES string of the molecule is CCCC(C)N(C)C(CN)c1ccsc1. The molecule has 0 aliphatic carbocycles. The number of nitrogens with zero attached hydrogens (tertiary/aromatic N) is 1. The van der Waals surface area contributed by atoms with Crippen molar-refractivity contribution < 1.29 is 0 Å². The Morgan fingerprint density at radius 1 is 1.53 bits per heavy atom. The van der Waals surface area contributed by atoms with Crippen LogP contribution in [0.15, 0.2) is 16.8 Å². The van der Waals surface area contributed by atoms with Gasteiger partial charge in [-0.25, -0.2) is 0 Å². The zero-order chi connectivity index (χ0) is 11.3. The standard InChI is InChI=1S/C12H22N2S/c1-4-5-10(2)14(3)12(8-13)11-6-7-15-9-11/h6-7,9-10,12H,4-5,8,13H2,1-3H3. The van der Waals surface area contributed by atoms with Crippen molar-refractivity contribution in [2.24, 2.45) is 5.73 Å². The fourth-order valence-corrected chi connectivity index (χ4v) is 2.64. The lowest BCUT2D eigenvalue weighted by molar-refractivity contribution is 0.180. The molecule has 1 aromatic rings. The largest absolute Gasteiger partial charge is 0.329 e. The molecule has 2 atom stereocenters. The molecule has 1 heterocycles. The third-order valence-corrected chi connectivity index (χ3v) is 3.75. The van der Waals surface area contributed by atoms with Gasteiger partial charge in [-0.15, -0.1) is 0 Å². The van der Waals surface area contributed by atoms with E-state index in [0.29, 0.717) is 18.6 Å². The molecule has 2 unspecified atom stereocenters. The molecule has 0 fully saturated rings. The molecular weight excluding hydrogens is 204 g/mol. The van der Waals surface area contributed by atoms with Crippen LogP contribution in [0.2, 0.25) is 0 Å². The smallest absolute Gasteiger partial charge is 0.0478 e. The first-order valence-corrected chi connectivity index (χ1v) is 6.59. The minimum absolute atomic E-state index is 0.373. The lowest BCUT2D eigenvalue weighted by atomic mass is 10.1. The highest BCUT2D eigenvalue weighted by atomic mass is 32.1. The van der Waals surface area contributed by atoms with Gasteiger partial charge in [0.2, 0.25) is 0 Å². The summed E-state index contributed by atoms with van der Waals surface area (Å²) in [6.45, 7) is 5.20. The predicted octanol–water partition coefficient (Wildman–Crippen LogP) is 2.87. The van der Waals surface area contributed by atoms with Crippen molar-refractivity contribution in [1.29, 1.82) is 0 Å². The second-order valence-electron chi connectivity index (χ2n) is 4.11. The third-order valence-electron chi connectivity index (χ3n) is 3.04. The summed E-state index contributed by atoms with van der Waals surface area (Å²) in [5, 5.41) is 4.32. The van der Waals surface area contributed by atoms with Gasteiger partial charge in [0.1, 0.15) is 0 Å². The topological polar surface area (TPSA) is 29.3 Å². The fraction of sp³-hybridized carbons (Fsp3) is 0.667. The molecule has 0 saturated carbocycles. The van der Waals surface area contributed by atoms with Crippen molar-refractivity contribution >= 4 is 11.3 Å². The van der Waals surface area contributed by atoms with Crippen molar-refractivity contribution in [3.05, 3.63) is 22.4 Å². The van der Waals surface area contributed by atoms with E-state index in [1.54, 1.807) is 11.3 Å². The zero-order valence-electron chi connectivity index (χ0n) is 9.94. The molecular formula is C12H22N2S. The number of nitrogens with two attached hydrogens (primary N) is 1. The van der Waals surface area contributed by atoms with Crippen LogP contribution in [-0.2, 0) is 0 Å². The van der Waals surface area contributed by atoms with E-state index in [2.05, 4.69) is 42.6 Å². The molecule has 86 valence electrons. The molecule has 0 spiro atoms. The maximum atomic E-state index is 5.86. The second kappa shape index (κ2) is 6.26. The number of rotatable bonds is 6. The molecule has 0 bridgehead atoms. The van der Waals surface area contributed by atoms with E-state index in [1.807, 2.05) is 0 Å². The van der Waals surface area contributed by atoms with Crippen LogP contribution in [0.25, 0.3) is 0 Å². The highest BCUT2D eigenvalue weighted by Gasteiger charge is 2.19. The monoisotopic (exact) mass is 226 g/mol. The summed E-state index contributed by atoms with van der Waals surface area (Å²) >= 11 is 1.74. The van der Waals surface area contributed by atoms with Crippen molar-refractivity contribution in [3.63, 3.8) is 0 Å². The van der Waals surface area contributed by atoms with Crippen LogP contribution in [0.5, 0.6) is 0 Å². The average Bonchev–Trinajstić information content (AvgIpc) is 2.72. The Labute approximate surface area is 97.1 Å². The lowest BCUT2D eigenvalue weighted by Crippen LogP contribution is -2.36. The van der Waals surface area contributed by atoms with Crippen molar-refractivity contribution in [3.8, 4) is 0 Å². The Morgan fingerprint density at radius 2 is 2.27 bits per heavy atom. The van der Waals surface area contributed by atoms with Gasteiger partial charge in [0, 0.05) is 18.6 Å². The summed E-state index contributed by atoms with van der Waals surface area (Å²) in [7, 11) is 2.18. The molecule has 1 rings (SSSR count). The first kappa shape index (κ1) is 12.7. The van der Waals surface area contributed by atoms with Crippen LogP contribution in [0.1, 0.15) is 38.3 Å². The summed E-state index contributed by atoms with van der Waals surface area (Å²) in [4.78, 5) is 2.39. The molecule has 0 aromatic carbocycles. The van der Waals surface area contributed by atoms with Crippen molar-refractivity contribution in [1.82, 2.24) is 4.90 Å². The number of likely N-dealkylation sites (N-methyl/N-ethyl adjacent to an activating group) is 1. The van der Waals surface area contributed by atoms with E-state index >= 15 is 0 Å². The van der Waals surface area contributed by atoms with E-state index in [4.69, 9.17) is 5.73 Å². The van der Waals surface area contributed by atoms with Crippen LogP contribution in [0.3, 0.4) is 0 Å². The fourth-order valence-electron chi connectivity index (χ4n) is 1.93. The van der Waals surface area contributed by atoms with Gasteiger partial charge in [0.25, 0.3) is 0 Å². The quantitative estimate of drug-likeness (QED) is 0.808. The van der Waals surface area contributed by atoms with Crippen molar-refractivity contribution in [2.75, 3.05) is 13.6 Å². The Bertz CT molecular complexity index is 259. The van der Waals surface area contributed by atoms with Gasteiger partial charge >= 0.3 is 0 Å². The summed E-state index contributed by atoms with van der Waals surface area (Å²) in [5.74, 6) is 0. The van der Waals surface area contributed by atoms with Gasteiger partial charge in [0.05, 0.1) is 0 Å². The average molecular weight is 226 g/mol. The normalized spacial score (nSPS) is 15.5. The number of hydrogen-bond acceptors (Lipinski definition) is 3. The summed E-state index contributed by atoms with van der Waals surface area (Å²) in [6, 6.07) is 3.15. The second-order valence-corrected chi connectivity index (χ2v) is 4.89. The maximum absolute atomic E-state index is 5.86. The lowest BCUT2D eigenvalue weighted by Gasteiger charge is -2.32. The van der Waals surface area contributed by atoms with Crippen LogP contribution in [0, 0.1) is 0 Å². The zero-order valence-corrected chi connectivity index (χ0v) is 10.8. The van der Waals surface area contributed by atoms with Crippen molar-refractivity contribution in [2.45, 2.75) is 38.8 Å². The molecule has 0 aliphatic rings. The molecule has 0 amide bonds. The minimum atomic E-state index is 0.373. The number of thiophene rings is 1. The molecule has 0 aliphatic heterocycles. The Morgan fingerprint density at radius 3 is 2.73 bits per heavy atom. The molecule has 0 saturated heterocycles. The molecule has 3 heteroatoms. The van der Waals surface area contributed by atoms with E-state index in [-0.39, 0.29) is 0 Å². The molecule has 2 nitrogen and oxygen atoms in total. The Kier molecular flexibility index (Phi) is 5.29. The Hall–Kier alpha value is -0.380. The van der Waals surface area contributed by atoms with Gasteiger partial charge in [0.15, 0.2) is 0 Å². The first-order valence-electron chi connectivity index (χ1n) is 5.64. The minimum Gasteiger partial charge on any atom is -0.329 e. The van der Waals surface area contributed by atoms with Crippen LogP contribution in [0.4, 0.5) is 0 Å². The van der Waals surface area contributed by atoms with Gasteiger partial charge in [-0.1, -0.05) is 13.3 Å². The Balaban J connectivity index is 2.66.